The van der Waals surface area contributed by atoms with Crippen LogP contribution in [0.3, 0.4) is 0 Å². The Labute approximate surface area is 197 Å². The fraction of sp³-hybridized carbons (Fsp3) is 0.208. The maximum absolute atomic E-state index is 13.2. The van der Waals surface area contributed by atoms with Crippen molar-refractivity contribution in [2.75, 3.05) is 5.32 Å². The van der Waals surface area contributed by atoms with Crippen LogP contribution >= 0.6 is 0 Å². The van der Waals surface area contributed by atoms with Crippen molar-refractivity contribution in [1.82, 2.24) is 0 Å². The number of primary sulfonamides is 1. The van der Waals surface area contributed by atoms with Crippen molar-refractivity contribution in [3.05, 3.63) is 76.7 Å². The van der Waals surface area contributed by atoms with E-state index in [9.17, 15) is 21.6 Å². The number of aryl methyl sites for hydroxylation is 1. The van der Waals surface area contributed by atoms with Crippen molar-refractivity contribution in [3.63, 3.8) is 0 Å². The maximum atomic E-state index is 13.2. The van der Waals surface area contributed by atoms with E-state index in [2.05, 4.69) is 5.32 Å². The minimum Gasteiger partial charge on any atom is -0.461 e. The van der Waals surface area contributed by atoms with Gasteiger partial charge in [-0.2, -0.15) is 0 Å². The molecule has 10 heteroatoms. The van der Waals surface area contributed by atoms with Crippen LogP contribution in [-0.2, 0) is 43.2 Å². The Hall–Kier alpha value is -3.21. The Kier molecular flexibility index (Phi) is 5.46. The van der Waals surface area contributed by atoms with Gasteiger partial charge in [-0.25, -0.2) is 22.0 Å². The largest absolute Gasteiger partial charge is 0.461 e. The molecule has 3 N–H and O–H groups in total. The monoisotopic (exact) mass is 498 g/mol. The van der Waals surface area contributed by atoms with Crippen LogP contribution in [0.4, 0.5) is 5.69 Å². The summed E-state index contributed by atoms with van der Waals surface area (Å²) in [4.78, 5) is 12.8. The van der Waals surface area contributed by atoms with E-state index in [4.69, 9.17) is 9.56 Å². The SMILES string of the molecule is NS(=O)(=O)c1ccc2c(c1)C(=Cc1oc3c(c1CS(=O)(=O)c1ccccc1)CCCC3)C(=O)N2. The average molecular weight is 499 g/mol. The minimum absolute atomic E-state index is 0.126. The molecule has 0 bridgehead atoms. The Morgan fingerprint density at radius 1 is 0.971 bits per heavy atom. The normalized spacial score (nSPS) is 16.9. The summed E-state index contributed by atoms with van der Waals surface area (Å²) >= 11 is 0. The number of furan rings is 1. The van der Waals surface area contributed by atoms with Gasteiger partial charge in [-0.3, -0.25) is 4.79 Å². The smallest absolute Gasteiger partial charge is 0.256 e. The summed E-state index contributed by atoms with van der Waals surface area (Å²) in [6.45, 7) is 0. The molecule has 176 valence electrons. The van der Waals surface area contributed by atoms with E-state index in [0.717, 1.165) is 24.2 Å². The van der Waals surface area contributed by atoms with Gasteiger partial charge in [0.15, 0.2) is 9.84 Å². The zero-order chi connectivity index (χ0) is 24.1. The highest BCUT2D eigenvalue weighted by Gasteiger charge is 2.30. The van der Waals surface area contributed by atoms with E-state index in [1.165, 1.54) is 24.3 Å². The van der Waals surface area contributed by atoms with E-state index >= 15 is 0 Å². The second-order valence-corrected chi connectivity index (χ2v) is 11.9. The van der Waals surface area contributed by atoms with Gasteiger partial charge < -0.3 is 9.73 Å². The number of hydrogen-bond acceptors (Lipinski definition) is 6. The van der Waals surface area contributed by atoms with Crippen LogP contribution in [0.1, 0.15) is 41.1 Å². The molecule has 2 aromatic carbocycles. The molecule has 0 spiro atoms. The first-order valence-electron chi connectivity index (χ1n) is 10.7. The van der Waals surface area contributed by atoms with Gasteiger partial charge in [0.25, 0.3) is 5.91 Å². The first kappa shape index (κ1) is 22.6. The number of nitrogens with one attached hydrogen (secondary N) is 1. The van der Waals surface area contributed by atoms with E-state index in [0.29, 0.717) is 35.4 Å². The van der Waals surface area contributed by atoms with E-state index in [1.54, 1.807) is 30.3 Å². The van der Waals surface area contributed by atoms with Crippen molar-refractivity contribution in [2.24, 2.45) is 5.14 Å². The van der Waals surface area contributed by atoms with Crippen LogP contribution < -0.4 is 10.5 Å². The molecule has 0 saturated carbocycles. The quantitative estimate of drug-likeness (QED) is 0.518. The highest BCUT2D eigenvalue weighted by Crippen LogP contribution is 2.38. The third-order valence-corrected chi connectivity index (χ3v) is 8.70. The number of sulfone groups is 1. The molecule has 1 aliphatic carbocycles. The number of fused-ring (bicyclic) bond motifs is 2. The predicted octanol–water partition coefficient (Wildman–Crippen LogP) is 3.27. The van der Waals surface area contributed by atoms with E-state index < -0.39 is 25.8 Å². The third kappa shape index (κ3) is 4.08. The van der Waals surface area contributed by atoms with Crippen molar-refractivity contribution in [3.8, 4) is 0 Å². The van der Waals surface area contributed by atoms with Crippen molar-refractivity contribution >= 4 is 43.1 Å². The Morgan fingerprint density at radius 2 is 1.71 bits per heavy atom. The fourth-order valence-corrected chi connectivity index (χ4v) is 6.42. The highest BCUT2D eigenvalue weighted by atomic mass is 32.2. The minimum atomic E-state index is -3.97. The molecule has 1 amide bonds. The number of anilines is 1. The summed E-state index contributed by atoms with van der Waals surface area (Å²) < 4.78 is 56.1. The Bertz CT molecular complexity index is 1550. The topological polar surface area (TPSA) is 137 Å². The number of nitrogens with two attached hydrogens (primary N) is 1. The molecule has 1 aliphatic heterocycles. The number of hydrogen-bond donors (Lipinski definition) is 2. The maximum Gasteiger partial charge on any atom is 0.256 e. The number of carbonyl (C=O) groups is 1. The molecule has 3 aromatic rings. The van der Waals surface area contributed by atoms with Crippen LogP contribution in [0.5, 0.6) is 0 Å². The third-order valence-electron chi connectivity index (χ3n) is 6.13. The lowest BCUT2D eigenvalue weighted by Gasteiger charge is -2.11. The number of carbonyl (C=O) groups excluding carboxylic acids is 1. The summed E-state index contributed by atoms with van der Waals surface area (Å²) in [6.07, 6.45) is 4.74. The van der Waals surface area contributed by atoms with Gasteiger partial charge in [0.05, 0.1) is 21.1 Å². The first-order chi connectivity index (χ1) is 16.1. The van der Waals surface area contributed by atoms with Crippen LogP contribution in [-0.4, -0.2) is 22.7 Å². The average Bonchev–Trinajstić information content (AvgIpc) is 3.30. The predicted molar refractivity (Wildman–Crippen MR) is 127 cm³/mol. The molecule has 8 nitrogen and oxygen atoms in total. The number of amides is 1. The number of benzene rings is 2. The van der Waals surface area contributed by atoms with Crippen molar-refractivity contribution in [1.29, 1.82) is 0 Å². The Balaban J connectivity index is 1.64. The van der Waals surface area contributed by atoms with Crippen LogP contribution in [0.25, 0.3) is 11.6 Å². The summed E-state index contributed by atoms with van der Waals surface area (Å²) in [6, 6.07) is 12.3. The number of sulfonamides is 1. The zero-order valence-electron chi connectivity index (χ0n) is 18.1. The lowest BCUT2D eigenvalue weighted by molar-refractivity contribution is -0.110. The van der Waals surface area contributed by atoms with E-state index in [1.807, 2.05) is 0 Å². The van der Waals surface area contributed by atoms with Gasteiger partial charge in [0.2, 0.25) is 10.0 Å². The highest BCUT2D eigenvalue weighted by molar-refractivity contribution is 7.90. The molecular formula is C24H22N2O6S2. The molecule has 0 fully saturated rings. The summed E-state index contributed by atoms with van der Waals surface area (Å²) in [5, 5.41) is 7.96. The number of rotatable bonds is 5. The van der Waals surface area contributed by atoms with Gasteiger partial charge in [-0.15, -0.1) is 0 Å². The Morgan fingerprint density at radius 3 is 2.44 bits per heavy atom. The summed E-state index contributed by atoms with van der Waals surface area (Å²) in [5.74, 6) is 0.326. The first-order valence-corrected chi connectivity index (χ1v) is 13.9. The molecular weight excluding hydrogens is 476 g/mol. The van der Waals surface area contributed by atoms with Crippen LogP contribution in [0.15, 0.2) is 62.7 Å². The standard InChI is InChI=1S/C24H22N2O6S2/c25-34(30,31)16-10-11-21-18(12-16)19(24(27)26-21)13-23-20(17-8-4-5-9-22(17)32-23)14-33(28,29)15-6-2-1-3-7-15/h1-3,6-7,10-13H,4-5,8-9,14H2,(H,26,27)(H2,25,30,31). The molecule has 2 aliphatic rings. The molecule has 5 rings (SSSR count). The van der Waals surface area contributed by atoms with Gasteiger partial charge >= 0.3 is 0 Å². The lowest BCUT2D eigenvalue weighted by Crippen LogP contribution is -2.12. The van der Waals surface area contributed by atoms with Gasteiger partial charge in [0.1, 0.15) is 11.5 Å². The van der Waals surface area contributed by atoms with Crippen molar-refractivity contribution < 1.29 is 26.0 Å². The van der Waals surface area contributed by atoms with Gasteiger partial charge in [-0.05, 0) is 61.2 Å². The molecule has 2 heterocycles. The van der Waals surface area contributed by atoms with E-state index in [-0.39, 0.29) is 21.1 Å². The molecule has 0 saturated heterocycles. The molecule has 0 atom stereocenters. The molecule has 0 radical (unpaired) electrons. The molecule has 1 aromatic heterocycles. The summed E-state index contributed by atoms with van der Waals surface area (Å²) in [5.41, 5.74) is 2.40. The van der Waals surface area contributed by atoms with Crippen LogP contribution in [0.2, 0.25) is 0 Å². The second-order valence-electron chi connectivity index (χ2n) is 8.39. The fourth-order valence-electron chi connectivity index (χ4n) is 4.45. The lowest BCUT2D eigenvalue weighted by atomic mass is 9.95. The second kappa shape index (κ2) is 8.23. The van der Waals surface area contributed by atoms with Gasteiger partial charge in [-0.1, -0.05) is 18.2 Å². The van der Waals surface area contributed by atoms with Crippen molar-refractivity contribution in [2.45, 2.75) is 41.2 Å². The van der Waals surface area contributed by atoms with Gasteiger partial charge in [0, 0.05) is 23.2 Å². The molecule has 34 heavy (non-hydrogen) atoms. The van der Waals surface area contributed by atoms with Crippen LogP contribution in [0, 0.1) is 0 Å². The summed E-state index contributed by atoms with van der Waals surface area (Å²) in [7, 11) is -7.63. The zero-order valence-corrected chi connectivity index (χ0v) is 19.7. The molecule has 0 unspecified atom stereocenters.